The number of fused-ring (bicyclic) bond motifs is 10. The molecule has 6 nitrogen and oxygen atoms in total. The number of hydrogen-bond acceptors (Lipinski definition) is 3. The lowest BCUT2D eigenvalue weighted by atomic mass is 10.1. The van der Waals surface area contributed by atoms with E-state index in [2.05, 4.69) is 127 Å². The van der Waals surface area contributed by atoms with Gasteiger partial charge in [0.2, 0.25) is 11.6 Å². The number of para-hydroxylation sites is 6. The second kappa shape index (κ2) is 7.11. The van der Waals surface area contributed by atoms with Gasteiger partial charge < -0.3 is 4.90 Å². The molecule has 0 bridgehead atoms. The van der Waals surface area contributed by atoms with E-state index >= 15 is 0 Å². The van der Waals surface area contributed by atoms with Gasteiger partial charge in [-0.3, -0.25) is 8.80 Å². The van der Waals surface area contributed by atoms with Crippen molar-refractivity contribution in [1.29, 1.82) is 0 Å². The van der Waals surface area contributed by atoms with Crippen LogP contribution in [0.4, 0.5) is 17.1 Å². The Bertz CT molecular complexity index is 2130. The Balaban J connectivity index is 1.50. The lowest BCUT2D eigenvalue weighted by molar-refractivity contribution is 1.15. The summed E-state index contributed by atoms with van der Waals surface area (Å²) in [6.07, 6.45) is 0. The predicted molar refractivity (Wildman–Crippen MR) is 153 cm³/mol. The average Bonchev–Trinajstić information content (AvgIpc) is 3.69. The fraction of sp³-hybridized carbons (Fsp3) is 0. The van der Waals surface area contributed by atoms with Crippen LogP contribution in [0.15, 0.2) is 121 Å². The van der Waals surface area contributed by atoms with Crippen molar-refractivity contribution in [3.63, 3.8) is 0 Å². The molecule has 0 unspecified atom stereocenters. The first-order valence-electron chi connectivity index (χ1n) is 12.7. The van der Waals surface area contributed by atoms with E-state index in [0.717, 1.165) is 67.2 Å². The molecule has 4 heterocycles. The number of imidazole rings is 4. The highest BCUT2D eigenvalue weighted by Crippen LogP contribution is 2.41. The van der Waals surface area contributed by atoms with Crippen molar-refractivity contribution in [2.75, 3.05) is 4.90 Å². The Labute approximate surface area is 216 Å². The number of rotatable bonds is 3. The minimum absolute atomic E-state index is 0.875. The fourth-order valence-corrected chi connectivity index (χ4v) is 5.98. The Hall–Kier alpha value is -5.36. The van der Waals surface area contributed by atoms with Gasteiger partial charge in [0, 0.05) is 11.4 Å². The summed E-state index contributed by atoms with van der Waals surface area (Å²) >= 11 is 0. The standard InChI is InChI=1S/C32H20N6/c1-3-11-21(12-4-1)35(22-13-5-2-6-14-22)23-19-28-30-29(20-23)37-27-18-10-8-16-25(27)34-32(37)38(30)31-33-24-15-7-9-17-26(24)36(28)31/h1-20H. The Kier molecular flexibility index (Phi) is 3.70. The molecule has 178 valence electrons. The van der Waals surface area contributed by atoms with Gasteiger partial charge in [-0.2, -0.15) is 0 Å². The van der Waals surface area contributed by atoms with Crippen LogP contribution in [0.5, 0.6) is 0 Å². The molecule has 0 aliphatic carbocycles. The number of hydrogen-bond donors (Lipinski definition) is 0. The topological polar surface area (TPSA) is 42.2 Å². The van der Waals surface area contributed by atoms with Crippen molar-refractivity contribution in [2.45, 2.75) is 0 Å². The monoisotopic (exact) mass is 488 g/mol. The third kappa shape index (κ3) is 2.46. The molecule has 0 radical (unpaired) electrons. The molecule has 38 heavy (non-hydrogen) atoms. The normalized spacial score (nSPS) is 12.2. The molecular weight excluding hydrogens is 468 g/mol. The van der Waals surface area contributed by atoms with Gasteiger partial charge in [0.25, 0.3) is 0 Å². The summed E-state index contributed by atoms with van der Waals surface area (Å²) in [5, 5.41) is 0. The van der Waals surface area contributed by atoms with Crippen molar-refractivity contribution in [3.8, 4) is 0 Å². The zero-order chi connectivity index (χ0) is 24.8. The molecule has 9 rings (SSSR count). The zero-order valence-corrected chi connectivity index (χ0v) is 20.2. The van der Waals surface area contributed by atoms with Crippen molar-refractivity contribution >= 4 is 67.2 Å². The molecule has 0 amide bonds. The summed E-state index contributed by atoms with van der Waals surface area (Å²) in [4.78, 5) is 12.5. The number of benzene rings is 5. The van der Waals surface area contributed by atoms with Gasteiger partial charge in [0.15, 0.2) is 0 Å². The molecule has 0 saturated carbocycles. The second-order valence-corrected chi connectivity index (χ2v) is 9.65. The number of anilines is 3. The zero-order valence-electron chi connectivity index (χ0n) is 20.2. The van der Waals surface area contributed by atoms with Crippen LogP contribution in [0.2, 0.25) is 0 Å². The van der Waals surface area contributed by atoms with Crippen LogP contribution in [0.1, 0.15) is 0 Å². The van der Waals surface area contributed by atoms with Gasteiger partial charge in [-0.25, -0.2) is 14.4 Å². The van der Waals surface area contributed by atoms with Crippen LogP contribution >= 0.6 is 0 Å². The smallest absolute Gasteiger partial charge is 0.223 e. The molecule has 0 N–H and O–H groups in total. The van der Waals surface area contributed by atoms with Crippen molar-refractivity contribution in [1.82, 2.24) is 23.2 Å². The number of nitrogens with zero attached hydrogens (tertiary/aromatic N) is 6. The van der Waals surface area contributed by atoms with Gasteiger partial charge in [-0.05, 0) is 60.7 Å². The predicted octanol–water partition coefficient (Wildman–Crippen LogP) is 7.60. The van der Waals surface area contributed by atoms with E-state index in [4.69, 9.17) is 9.97 Å². The largest absolute Gasteiger partial charge is 0.310 e. The molecule has 0 saturated heterocycles. The molecule has 0 aliphatic rings. The first-order valence-corrected chi connectivity index (χ1v) is 12.7. The Morgan fingerprint density at radius 1 is 0.421 bits per heavy atom. The first-order chi connectivity index (χ1) is 18.9. The quantitative estimate of drug-likeness (QED) is 0.257. The first kappa shape index (κ1) is 19.8. The molecule has 5 aromatic carbocycles. The third-order valence-corrected chi connectivity index (χ3v) is 7.53. The van der Waals surface area contributed by atoms with Crippen LogP contribution in [0, 0.1) is 0 Å². The third-order valence-electron chi connectivity index (χ3n) is 7.53. The summed E-state index contributed by atoms with van der Waals surface area (Å²) in [5.74, 6) is 1.75. The van der Waals surface area contributed by atoms with Crippen LogP contribution < -0.4 is 4.90 Å². The summed E-state index contributed by atoms with van der Waals surface area (Å²) in [6.45, 7) is 0. The van der Waals surface area contributed by atoms with E-state index in [9.17, 15) is 0 Å². The second-order valence-electron chi connectivity index (χ2n) is 9.65. The van der Waals surface area contributed by atoms with E-state index in [1.807, 2.05) is 12.1 Å². The molecule has 4 aromatic heterocycles. The summed E-state index contributed by atoms with van der Waals surface area (Å²) in [6, 6.07) is 42.3. The van der Waals surface area contributed by atoms with Crippen LogP contribution in [-0.4, -0.2) is 23.2 Å². The van der Waals surface area contributed by atoms with Gasteiger partial charge >= 0.3 is 0 Å². The maximum absolute atomic E-state index is 5.08. The molecule has 0 spiro atoms. The highest BCUT2D eigenvalue weighted by molar-refractivity contribution is 6.06. The van der Waals surface area contributed by atoms with Crippen molar-refractivity contribution in [3.05, 3.63) is 121 Å². The van der Waals surface area contributed by atoms with E-state index in [0.29, 0.717) is 0 Å². The van der Waals surface area contributed by atoms with E-state index in [1.165, 1.54) is 0 Å². The van der Waals surface area contributed by atoms with Crippen molar-refractivity contribution in [2.24, 2.45) is 0 Å². The SMILES string of the molecule is c1ccc(N(c2ccccc2)c2cc3c4c(c2)n2c5ccccc5nc2n4c2nc4ccccc4n32)cc1. The molecule has 9 aromatic rings. The average molecular weight is 489 g/mol. The van der Waals surface area contributed by atoms with Crippen molar-refractivity contribution < 1.29 is 0 Å². The van der Waals surface area contributed by atoms with Crippen LogP contribution in [0.3, 0.4) is 0 Å². The van der Waals surface area contributed by atoms with E-state index < -0.39 is 0 Å². The minimum atomic E-state index is 0.875. The maximum atomic E-state index is 5.08. The summed E-state index contributed by atoms with van der Waals surface area (Å²) < 4.78 is 6.76. The summed E-state index contributed by atoms with van der Waals surface area (Å²) in [7, 11) is 0. The van der Waals surface area contributed by atoms with Gasteiger partial charge in [0.05, 0.1) is 38.8 Å². The Morgan fingerprint density at radius 3 is 1.37 bits per heavy atom. The molecule has 0 fully saturated rings. The van der Waals surface area contributed by atoms with Gasteiger partial charge in [0.1, 0.15) is 5.52 Å². The molecular formula is C32H20N6. The Morgan fingerprint density at radius 2 is 0.868 bits per heavy atom. The van der Waals surface area contributed by atoms with E-state index in [-0.39, 0.29) is 0 Å². The lowest BCUT2D eigenvalue weighted by Crippen LogP contribution is -2.09. The number of aromatic nitrogens is 5. The maximum Gasteiger partial charge on any atom is 0.223 e. The van der Waals surface area contributed by atoms with Gasteiger partial charge in [-0.1, -0.05) is 60.7 Å². The molecule has 6 heteroatoms. The summed E-state index contributed by atoms with van der Waals surface area (Å²) in [5.41, 5.74) is 10.7. The molecule has 0 atom stereocenters. The highest BCUT2D eigenvalue weighted by Gasteiger charge is 2.25. The van der Waals surface area contributed by atoms with E-state index in [1.54, 1.807) is 0 Å². The highest BCUT2D eigenvalue weighted by atomic mass is 15.3. The minimum Gasteiger partial charge on any atom is -0.310 e. The van der Waals surface area contributed by atoms with Crippen LogP contribution in [0.25, 0.3) is 50.2 Å². The fourth-order valence-electron chi connectivity index (χ4n) is 5.98. The van der Waals surface area contributed by atoms with Gasteiger partial charge in [-0.15, -0.1) is 0 Å². The lowest BCUT2D eigenvalue weighted by Gasteiger charge is -2.25. The van der Waals surface area contributed by atoms with Crippen LogP contribution in [-0.2, 0) is 0 Å². The molecule has 0 aliphatic heterocycles.